The summed E-state index contributed by atoms with van der Waals surface area (Å²) >= 11 is 0. The number of nitrogens with one attached hydrogen (secondary N) is 1. The number of hydrogen-bond donors (Lipinski definition) is 1. The third-order valence-corrected chi connectivity index (χ3v) is 14.7. The number of quaternary nitrogens is 1. The summed E-state index contributed by atoms with van der Waals surface area (Å²) < 4.78 is 30.3. The van der Waals surface area contributed by atoms with Crippen molar-refractivity contribution in [2.45, 2.75) is 283 Å². The van der Waals surface area contributed by atoms with Gasteiger partial charge in [-0.2, -0.15) is 0 Å². The number of amides is 1. The van der Waals surface area contributed by atoms with E-state index in [0.29, 0.717) is 17.4 Å². The Labute approximate surface area is 481 Å². The van der Waals surface area contributed by atoms with Gasteiger partial charge in [-0.3, -0.25) is 14.2 Å². The number of carbonyl (C=O) groups excluding carboxylic acids is 2. The Balaban J connectivity index is 5.21. The second-order valence-corrected chi connectivity index (χ2v) is 23.9. The lowest BCUT2D eigenvalue weighted by atomic mass is 10.0. The summed E-state index contributed by atoms with van der Waals surface area (Å²) in [6.45, 7) is 6.70. The molecule has 0 aromatic rings. The second kappa shape index (κ2) is 57.2. The monoisotopic (exact) mass is 1110 g/mol. The van der Waals surface area contributed by atoms with E-state index >= 15 is 0 Å². The number of unbranched alkanes of at least 4 members (excludes halogenated alkanes) is 27. The van der Waals surface area contributed by atoms with Gasteiger partial charge in [0, 0.05) is 12.8 Å². The molecule has 0 aliphatic heterocycles. The molecule has 10 heteroatoms. The largest absolute Gasteiger partial charge is 0.756 e. The van der Waals surface area contributed by atoms with Crippen LogP contribution in [0.15, 0.2) is 97.2 Å². The van der Waals surface area contributed by atoms with E-state index < -0.39 is 26.6 Å². The maximum atomic E-state index is 13.5. The van der Waals surface area contributed by atoms with Crippen LogP contribution in [0.5, 0.6) is 0 Å². The van der Waals surface area contributed by atoms with E-state index in [9.17, 15) is 19.0 Å². The number of phosphoric acid groups is 1. The van der Waals surface area contributed by atoms with Crippen LogP contribution in [-0.2, 0) is 27.9 Å². The fourth-order valence-electron chi connectivity index (χ4n) is 8.81. The molecule has 450 valence electrons. The highest BCUT2D eigenvalue weighted by Crippen LogP contribution is 2.38. The van der Waals surface area contributed by atoms with Gasteiger partial charge >= 0.3 is 5.97 Å². The Bertz CT molecular complexity index is 1660. The van der Waals surface area contributed by atoms with Gasteiger partial charge in [0.05, 0.1) is 33.8 Å². The van der Waals surface area contributed by atoms with E-state index in [1.54, 1.807) is 0 Å². The molecule has 0 heterocycles. The van der Waals surface area contributed by atoms with Crippen LogP contribution in [0.2, 0.25) is 0 Å². The molecule has 0 spiro atoms. The van der Waals surface area contributed by atoms with Gasteiger partial charge < -0.3 is 28.5 Å². The highest BCUT2D eigenvalue weighted by molar-refractivity contribution is 7.45. The van der Waals surface area contributed by atoms with Gasteiger partial charge in [0.2, 0.25) is 5.91 Å². The Kier molecular flexibility index (Phi) is 54.9. The van der Waals surface area contributed by atoms with Crippen molar-refractivity contribution in [1.29, 1.82) is 0 Å². The third-order valence-electron chi connectivity index (χ3n) is 13.7. The first-order valence-corrected chi connectivity index (χ1v) is 33.5. The molecule has 0 saturated carbocycles. The molecule has 0 aliphatic carbocycles. The Morgan fingerprint density at radius 2 is 0.821 bits per heavy atom. The Hall–Kier alpha value is -3.07. The number of likely N-dealkylation sites (N-methyl/N-ethyl adjacent to an activating group) is 1. The number of allylic oxidation sites excluding steroid dienone is 15. The molecule has 78 heavy (non-hydrogen) atoms. The molecule has 0 aliphatic rings. The van der Waals surface area contributed by atoms with Gasteiger partial charge in [-0.05, 0) is 109 Å². The molecule has 3 atom stereocenters. The molecule has 0 saturated heterocycles. The van der Waals surface area contributed by atoms with Crippen molar-refractivity contribution in [1.82, 2.24) is 5.32 Å². The first-order chi connectivity index (χ1) is 37.9. The fraction of sp³-hybridized carbons (Fsp3) is 0.735. The molecule has 0 aromatic heterocycles. The zero-order chi connectivity index (χ0) is 57.2. The number of ether oxygens (including phenoxy) is 1. The minimum absolute atomic E-state index is 0.0302. The van der Waals surface area contributed by atoms with Crippen LogP contribution in [-0.4, -0.2) is 69.4 Å². The number of phosphoric ester groups is 1. The molecule has 0 aromatic carbocycles. The van der Waals surface area contributed by atoms with Crippen molar-refractivity contribution in [2.75, 3.05) is 40.9 Å². The van der Waals surface area contributed by atoms with Crippen molar-refractivity contribution >= 4 is 19.7 Å². The first kappa shape index (κ1) is 74.9. The molecule has 0 radical (unpaired) electrons. The lowest BCUT2D eigenvalue weighted by molar-refractivity contribution is -0.870. The molecule has 3 unspecified atom stereocenters. The van der Waals surface area contributed by atoms with Crippen LogP contribution in [0.25, 0.3) is 0 Å². The average molecular weight is 1110 g/mol. The molecule has 0 fully saturated rings. The molecule has 0 bridgehead atoms. The zero-order valence-corrected chi connectivity index (χ0v) is 52.2. The highest BCUT2D eigenvalue weighted by atomic mass is 31.2. The van der Waals surface area contributed by atoms with E-state index in [1.165, 1.54) is 103 Å². The summed E-state index contributed by atoms with van der Waals surface area (Å²) in [5.41, 5.74) is 0. The summed E-state index contributed by atoms with van der Waals surface area (Å²) in [5, 5.41) is 3.02. The highest BCUT2D eigenvalue weighted by Gasteiger charge is 2.27. The third kappa shape index (κ3) is 57.6. The predicted octanol–water partition coefficient (Wildman–Crippen LogP) is 19.3. The Morgan fingerprint density at radius 1 is 0.462 bits per heavy atom. The molecular formula is C68H121N2O7P. The summed E-state index contributed by atoms with van der Waals surface area (Å²) in [6.07, 6.45) is 76.6. The van der Waals surface area contributed by atoms with Gasteiger partial charge in [0.1, 0.15) is 19.3 Å². The molecule has 9 nitrogen and oxygen atoms in total. The first-order valence-electron chi connectivity index (χ1n) is 32.0. The minimum atomic E-state index is -4.71. The Morgan fingerprint density at radius 3 is 1.26 bits per heavy atom. The van der Waals surface area contributed by atoms with E-state index in [0.717, 1.165) is 135 Å². The van der Waals surface area contributed by atoms with Crippen LogP contribution < -0.4 is 10.2 Å². The maximum absolute atomic E-state index is 13.5. The van der Waals surface area contributed by atoms with Crippen LogP contribution in [0.4, 0.5) is 0 Å². The van der Waals surface area contributed by atoms with E-state index in [4.69, 9.17) is 13.8 Å². The topological polar surface area (TPSA) is 114 Å². The molecule has 0 rings (SSSR count). The van der Waals surface area contributed by atoms with Gasteiger partial charge in [0.25, 0.3) is 7.82 Å². The van der Waals surface area contributed by atoms with Gasteiger partial charge in [-0.1, -0.05) is 247 Å². The quantitative estimate of drug-likeness (QED) is 0.0212. The van der Waals surface area contributed by atoms with Gasteiger partial charge in [-0.25, -0.2) is 0 Å². The summed E-state index contributed by atoms with van der Waals surface area (Å²) in [7, 11) is 1.16. The van der Waals surface area contributed by atoms with Crippen LogP contribution in [0, 0.1) is 0 Å². The van der Waals surface area contributed by atoms with Crippen molar-refractivity contribution in [3.63, 3.8) is 0 Å². The predicted molar refractivity (Wildman–Crippen MR) is 334 cm³/mol. The van der Waals surface area contributed by atoms with E-state index in [-0.39, 0.29) is 24.9 Å². The number of rotatable bonds is 57. The number of esters is 1. The summed E-state index contributed by atoms with van der Waals surface area (Å²) in [6, 6.07) is -0.903. The van der Waals surface area contributed by atoms with Crippen LogP contribution >= 0.6 is 7.82 Å². The lowest BCUT2D eigenvalue weighted by Crippen LogP contribution is -2.47. The second-order valence-electron chi connectivity index (χ2n) is 22.5. The summed E-state index contributed by atoms with van der Waals surface area (Å²) in [4.78, 5) is 40.0. The smallest absolute Gasteiger partial charge is 0.306 e. The average Bonchev–Trinajstić information content (AvgIpc) is 3.40. The van der Waals surface area contributed by atoms with Crippen LogP contribution in [0.3, 0.4) is 0 Å². The van der Waals surface area contributed by atoms with Gasteiger partial charge in [-0.15, -0.1) is 0 Å². The van der Waals surface area contributed by atoms with E-state index in [1.807, 2.05) is 33.3 Å². The van der Waals surface area contributed by atoms with Crippen molar-refractivity contribution in [3.8, 4) is 0 Å². The molecular weight excluding hydrogens is 988 g/mol. The van der Waals surface area contributed by atoms with Crippen molar-refractivity contribution in [3.05, 3.63) is 97.2 Å². The molecule has 1 amide bonds. The molecule has 1 N–H and O–H groups in total. The van der Waals surface area contributed by atoms with Gasteiger partial charge in [0.15, 0.2) is 0 Å². The number of hydrogen-bond acceptors (Lipinski definition) is 7. The number of carbonyl (C=O) groups is 2. The fourth-order valence-corrected chi connectivity index (χ4v) is 9.54. The van der Waals surface area contributed by atoms with Crippen molar-refractivity contribution < 1.29 is 37.3 Å². The van der Waals surface area contributed by atoms with E-state index in [2.05, 4.69) is 111 Å². The lowest BCUT2D eigenvalue weighted by Gasteiger charge is -2.30. The van der Waals surface area contributed by atoms with Crippen molar-refractivity contribution in [2.24, 2.45) is 0 Å². The normalized spacial score (nSPS) is 14.3. The van der Waals surface area contributed by atoms with Crippen LogP contribution in [0.1, 0.15) is 271 Å². The number of nitrogens with zero attached hydrogens (tertiary/aromatic N) is 1. The maximum Gasteiger partial charge on any atom is 0.306 e. The minimum Gasteiger partial charge on any atom is -0.756 e. The zero-order valence-electron chi connectivity index (χ0n) is 51.3. The summed E-state index contributed by atoms with van der Waals surface area (Å²) in [5.74, 6) is -0.565. The standard InChI is InChI=1S/C68H121N2O7P/c1-7-10-13-16-19-22-25-28-30-31-32-33-34-35-36-37-38-39-41-42-45-48-51-54-57-60-67(71)69-65(64-76-78(73,74)75-63-62-70(4,5)6)66(59-56-53-50-47-44-27-24-21-18-15-12-9-3)77-68(72)61-58-55-52-49-46-43-40-29-26-23-20-17-14-11-8-2/h10,13,19,22-23,26,28,30,32-33,35-36,38-39,56,59,65-66H,7-9,11-12,14-18,20-21,24-25,27,29,31,34,37,40-55,57-58,60-64H2,1-6H3,(H-,69,71,73,74)/b13-10-,22-19-,26-23-,30-28-,33-32-,36-35-,39-38-,59-56-. The SMILES string of the molecule is CC/C=C\C/C=C\C/C=C\C/C=C\C/C=C\C/C=C\CCCCCCCCC(=O)NC(COP(=O)([O-])OCC[N+](C)(C)C)C(/C=C\CCCCCCCCCCCC)OC(=O)CCCCCCCCC/C=C\CCCCCC.